The van der Waals surface area contributed by atoms with Gasteiger partial charge in [0.05, 0.1) is 0 Å². The molecule has 25 heavy (non-hydrogen) atoms. The number of fused-ring (bicyclic) bond motifs is 2. The van der Waals surface area contributed by atoms with E-state index in [1.54, 1.807) is 17.0 Å². The number of rotatable bonds is 2. The number of aromatic hydroxyl groups is 1. The highest BCUT2D eigenvalue weighted by Gasteiger charge is 2.21. The summed E-state index contributed by atoms with van der Waals surface area (Å²) in [5.41, 5.74) is 3.15. The van der Waals surface area contributed by atoms with Crippen LogP contribution in [0.1, 0.15) is 16.7 Å². The second kappa shape index (κ2) is 6.55. The van der Waals surface area contributed by atoms with Gasteiger partial charge in [-0.25, -0.2) is 4.79 Å². The van der Waals surface area contributed by atoms with E-state index >= 15 is 0 Å². The summed E-state index contributed by atoms with van der Waals surface area (Å²) in [5, 5.41) is 12.6. The van der Waals surface area contributed by atoms with Crippen molar-refractivity contribution in [3.63, 3.8) is 0 Å². The monoisotopic (exact) mass is 340 g/mol. The van der Waals surface area contributed by atoms with Crippen LogP contribution in [-0.4, -0.2) is 35.8 Å². The van der Waals surface area contributed by atoms with Gasteiger partial charge in [0, 0.05) is 19.6 Å². The molecule has 4 rings (SSSR count). The van der Waals surface area contributed by atoms with Crippen molar-refractivity contribution in [2.24, 2.45) is 0 Å². The molecular formula is C19H20N2O4. The SMILES string of the molecule is O=C(NCc1ccc2c(c1)OCCO2)N1CCc2ccc(O)cc2C1. The summed E-state index contributed by atoms with van der Waals surface area (Å²) in [6.45, 7) is 2.72. The fourth-order valence-electron chi connectivity index (χ4n) is 3.20. The van der Waals surface area contributed by atoms with E-state index in [2.05, 4.69) is 5.32 Å². The lowest BCUT2D eigenvalue weighted by molar-refractivity contribution is 0.171. The largest absolute Gasteiger partial charge is 0.508 e. The molecule has 0 spiro atoms. The van der Waals surface area contributed by atoms with Crippen LogP contribution in [0.4, 0.5) is 4.79 Å². The van der Waals surface area contributed by atoms with Gasteiger partial charge < -0.3 is 24.8 Å². The topological polar surface area (TPSA) is 71.0 Å². The van der Waals surface area contributed by atoms with Gasteiger partial charge in [0.1, 0.15) is 19.0 Å². The molecule has 2 N–H and O–H groups in total. The molecule has 0 atom stereocenters. The average molecular weight is 340 g/mol. The fraction of sp³-hybridized carbons (Fsp3) is 0.316. The molecule has 2 aliphatic heterocycles. The molecule has 130 valence electrons. The lowest BCUT2D eigenvalue weighted by Gasteiger charge is -2.29. The van der Waals surface area contributed by atoms with Crippen LogP contribution in [0.3, 0.4) is 0 Å². The Labute approximate surface area is 146 Å². The molecule has 0 bridgehead atoms. The van der Waals surface area contributed by atoms with Crippen molar-refractivity contribution in [2.75, 3.05) is 19.8 Å². The van der Waals surface area contributed by atoms with Crippen molar-refractivity contribution in [1.29, 1.82) is 0 Å². The predicted molar refractivity (Wildman–Crippen MR) is 91.9 cm³/mol. The number of nitrogens with zero attached hydrogens (tertiary/aromatic N) is 1. The minimum Gasteiger partial charge on any atom is -0.508 e. The zero-order valence-corrected chi connectivity index (χ0v) is 13.8. The zero-order valence-electron chi connectivity index (χ0n) is 13.8. The molecule has 0 aromatic heterocycles. The Morgan fingerprint density at radius 2 is 1.92 bits per heavy atom. The third kappa shape index (κ3) is 3.33. The molecule has 6 nitrogen and oxygen atoms in total. The first-order valence-corrected chi connectivity index (χ1v) is 8.41. The lowest BCUT2D eigenvalue weighted by atomic mass is 10.00. The van der Waals surface area contributed by atoms with Crippen LogP contribution in [0.5, 0.6) is 17.2 Å². The van der Waals surface area contributed by atoms with E-state index in [1.165, 1.54) is 5.56 Å². The summed E-state index contributed by atoms with van der Waals surface area (Å²) in [6, 6.07) is 10.9. The van der Waals surface area contributed by atoms with Gasteiger partial charge in [-0.1, -0.05) is 12.1 Å². The van der Waals surface area contributed by atoms with Gasteiger partial charge in [0.25, 0.3) is 0 Å². The molecule has 0 unspecified atom stereocenters. The highest BCUT2D eigenvalue weighted by molar-refractivity contribution is 5.74. The van der Waals surface area contributed by atoms with E-state index in [0.717, 1.165) is 29.0 Å². The highest BCUT2D eigenvalue weighted by Crippen LogP contribution is 2.30. The fourth-order valence-corrected chi connectivity index (χ4v) is 3.20. The smallest absolute Gasteiger partial charge is 0.317 e. The van der Waals surface area contributed by atoms with Gasteiger partial charge in [0.2, 0.25) is 0 Å². The number of urea groups is 1. The molecule has 0 saturated heterocycles. The van der Waals surface area contributed by atoms with Crippen molar-refractivity contribution >= 4 is 6.03 Å². The van der Waals surface area contributed by atoms with Gasteiger partial charge in [-0.15, -0.1) is 0 Å². The van der Waals surface area contributed by atoms with Gasteiger partial charge in [-0.3, -0.25) is 0 Å². The predicted octanol–water partition coefficient (Wildman–Crippen LogP) is 2.43. The molecule has 2 aromatic rings. The first kappa shape index (κ1) is 15.6. The number of phenolic OH excluding ortho intramolecular Hbond substituents is 1. The van der Waals surface area contributed by atoms with E-state index in [0.29, 0.717) is 32.8 Å². The van der Waals surface area contributed by atoms with Crippen LogP contribution in [0, 0.1) is 0 Å². The van der Waals surface area contributed by atoms with E-state index in [1.807, 2.05) is 24.3 Å². The second-order valence-corrected chi connectivity index (χ2v) is 6.26. The van der Waals surface area contributed by atoms with Crippen LogP contribution in [-0.2, 0) is 19.5 Å². The van der Waals surface area contributed by atoms with E-state index in [9.17, 15) is 9.90 Å². The maximum atomic E-state index is 12.5. The Morgan fingerprint density at radius 3 is 2.80 bits per heavy atom. The summed E-state index contributed by atoms with van der Waals surface area (Å²) >= 11 is 0. The summed E-state index contributed by atoms with van der Waals surface area (Å²) in [6.07, 6.45) is 0.799. The van der Waals surface area contributed by atoms with E-state index in [-0.39, 0.29) is 11.8 Å². The molecule has 0 fully saturated rings. The van der Waals surface area contributed by atoms with Crippen molar-refractivity contribution in [3.8, 4) is 17.2 Å². The number of hydrogen-bond acceptors (Lipinski definition) is 4. The second-order valence-electron chi connectivity index (χ2n) is 6.26. The number of nitrogens with one attached hydrogen (secondary N) is 1. The quantitative estimate of drug-likeness (QED) is 0.881. The number of phenols is 1. The zero-order chi connectivity index (χ0) is 17.2. The van der Waals surface area contributed by atoms with Crippen molar-refractivity contribution < 1.29 is 19.4 Å². The van der Waals surface area contributed by atoms with Crippen LogP contribution >= 0.6 is 0 Å². The van der Waals surface area contributed by atoms with Gasteiger partial charge in [-0.05, 0) is 47.4 Å². The van der Waals surface area contributed by atoms with Crippen molar-refractivity contribution in [3.05, 3.63) is 53.1 Å². The van der Waals surface area contributed by atoms with E-state index in [4.69, 9.17) is 9.47 Å². The van der Waals surface area contributed by atoms with Crippen LogP contribution in [0.2, 0.25) is 0 Å². The van der Waals surface area contributed by atoms with E-state index < -0.39 is 0 Å². The number of benzene rings is 2. The number of amides is 2. The third-order valence-corrected chi connectivity index (χ3v) is 4.54. The Kier molecular flexibility index (Phi) is 4.09. The number of ether oxygens (including phenoxy) is 2. The minimum absolute atomic E-state index is 0.108. The number of carbonyl (C=O) groups is 1. The summed E-state index contributed by atoms with van der Waals surface area (Å²) in [7, 11) is 0. The summed E-state index contributed by atoms with van der Waals surface area (Å²) in [4.78, 5) is 14.2. The normalized spacial score (nSPS) is 15.4. The average Bonchev–Trinajstić information content (AvgIpc) is 2.65. The molecule has 2 aromatic carbocycles. The Balaban J connectivity index is 1.38. The van der Waals surface area contributed by atoms with Crippen LogP contribution in [0.25, 0.3) is 0 Å². The summed E-state index contributed by atoms with van der Waals surface area (Å²) < 4.78 is 11.1. The molecule has 0 radical (unpaired) electrons. The lowest BCUT2D eigenvalue weighted by Crippen LogP contribution is -2.42. The maximum Gasteiger partial charge on any atom is 0.317 e. The molecule has 0 saturated carbocycles. The Morgan fingerprint density at radius 1 is 1.08 bits per heavy atom. The van der Waals surface area contributed by atoms with Gasteiger partial charge >= 0.3 is 6.03 Å². The summed E-state index contributed by atoms with van der Waals surface area (Å²) in [5.74, 6) is 1.70. The standard InChI is InChI=1S/C19H20N2O4/c22-16-3-2-14-5-6-21(12-15(14)10-16)19(23)20-11-13-1-4-17-18(9-13)25-8-7-24-17/h1-4,9-10,22H,5-8,11-12H2,(H,20,23). The van der Waals surface area contributed by atoms with Gasteiger partial charge in [0.15, 0.2) is 11.5 Å². The third-order valence-electron chi connectivity index (χ3n) is 4.54. The van der Waals surface area contributed by atoms with Crippen molar-refractivity contribution in [2.45, 2.75) is 19.5 Å². The highest BCUT2D eigenvalue weighted by atomic mass is 16.6. The number of carbonyl (C=O) groups excluding carboxylic acids is 1. The molecule has 2 heterocycles. The molecule has 6 heteroatoms. The van der Waals surface area contributed by atoms with Crippen LogP contribution < -0.4 is 14.8 Å². The minimum atomic E-state index is -0.108. The first-order valence-electron chi connectivity index (χ1n) is 8.41. The molecular weight excluding hydrogens is 320 g/mol. The number of hydrogen-bond donors (Lipinski definition) is 2. The molecule has 0 aliphatic carbocycles. The molecule has 2 amide bonds. The Bertz CT molecular complexity index is 806. The van der Waals surface area contributed by atoms with Crippen molar-refractivity contribution in [1.82, 2.24) is 10.2 Å². The van der Waals surface area contributed by atoms with Crippen LogP contribution in [0.15, 0.2) is 36.4 Å². The Hall–Kier alpha value is -2.89. The molecule has 2 aliphatic rings. The first-order chi connectivity index (χ1) is 12.2. The maximum absolute atomic E-state index is 12.5. The van der Waals surface area contributed by atoms with Gasteiger partial charge in [-0.2, -0.15) is 0 Å².